The lowest BCUT2D eigenvalue weighted by atomic mass is 10.3. The van der Waals surface area contributed by atoms with Crippen LogP contribution in [0.25, 0.3) is 0 Å². The highest BCUT2D eigenvalue weighted by Crippen LogP contribution is 2.33. The molecule has 0 N–H and O–H groups in total. The molecule has 0 unspecified atom stereocenters. The van der Waals surface area contributed by atoms with Crippen LogP contribution in [0, 0.1) is 7.11 Å². The average molecular weight is 151 g/mol. The largest absolute Gasteiger partial charge is 0.428 e. The summed E-state index contributed by atoms with van der Waals surface area (Å²) < 4.78 is 14.9. The predicted molar refractivity (Wildman–Crippen MR) is 37.9 cm³/mol. The van der Waals surface area contributed by atoms with Crippen molar-refractivity contribution >= 4 is 0 Å². The summed E-state index contributed by atoms with van der Waals surface area (Å²) >= 11 is 0. The lowest BCUT2D eigenvalue weighted by Crippen LogP contribution is -2.18. The Bertz CT molecular complexity index is 234. The van der Waals surface area contributed by atoms with E-state index in [-0.39, 0.29) is 0 Å². The topological polar surface area (TPSA) is 27.7 Å². The summed E-state index contributed by atoms with van der Waals surface area (Å²) in [6.45, 7) is -0.688. The summed E-state index contributed by atoms with van der Waals surface area (Å²) in [5, 5.41) is 0. The Hall–Kier alpha value is -1.22. The molecule has 1 aromatic rings. The van der Waals surface area contributed by atoms with Crippen LogP contribution < -0.4 is 9.47 Å². The Morgan fingerprint density at radius 1 is 1.18 bits per heavy atom. The van der Waals surface area contributed by atoms with E-state index < -0.39 is 6.48 Å². The van der Waals surface area contributed by atoms with Crippen LogP contribution in [0.5, 0.6) is 11.5 Å². The summed E-state index contributed by atoms with van der Waals surface area (Å²) in [6, 6.07) is 7.37. The van der Waals surface area contributed by atoms with Crippen molar-refractivity contribution in [3.05, 3.63) is 31.4 Å². The minimum Gasteiger partial charge on any atom is -0.428 e. The maximum absolute atomic E-state index is 5.15. The highest BCUT2D eigenvalue weighted by Gasteiger charge is 2.22. The van der Waals surface area contributed by atoms with E-state index in [1.165, 1.54) is 0 Å². The summed E-state index contributed by atoms with van der Waals surface area (Å²) in [5.74, 6) is 1.39. The first-order valence-electron chi connectivity index (χ1n) is 3.23. The van der Waals surface area contributed by atoms with Crippen LogP contribution in [0.2, 0.25) is 0 Å². The smallest absolute Gasteiger partial charge is 0.361 e. The molecule has 0 atom stereocenters. The number of para-hydroxylation sites is 2. The molecule has 1 aromatic carbocycles. The molecule has 1 aliphatic heterocycles. The zero-order valence-corrected chi connectivity index (χ0v) is 5.82. The van der Waals surface area contributed by atoms with Gasteiger partial charge in [0, 0.05) is 0 Å². The van der Waals surface area contributed by atoms with Crippen molar-refractivity contribution in [3.8, 4) is 11.5 Å². The molecule has 0 amide bonds. The molecule has 3 nitrogen and oxygen atoms in total. The molecule has 0 saturated carbocycles. The molecule has 0 spiro atoms. The third kappa shape index (κ3) is 1.03. The zero-order valence-electron chi connectivity index (χ0n) is 5.82. The molecule has 0 aromatic heterocycles. The van der Waals surface area contributed by atoms with Gasteiger partial charge < -0.3 is 14.2 Å². The Morgan fingerprint density at radius 2 is 1.73 bits per heavy atom. The van der Waals surface area contributed by atoms with Gasteiger partial charge in [0.25, 0.3) is 0 Å². The number of fused-ring (bicyclic) bond motifs is 1. The van der Waals surface area contributed by atoms with Crippen molar-refractivity contribution in [1.82, 2.24) is 0 Å². The Morgan fingerprint density at radius 3 is 2.18 bits per heavy atom. The molecule has 0 bridgehead atoms. The number of rotatable bonds is 1. The first kappa shape index (κ1) is 6.49. The second-order valence-electron chi connectivity index (χ2n) is 2.14. The SMILES string of the molecule is [CH2]OC1Oc2ccccc2O1. The summed E-state index contributed by atoms with van der Waals surface area (Å²) in [7, 11) is 3.20. The molecule has 57 valence electrons. The molecule has 0 saturated heterocycles. The minimum absolute atomic E-state index is 0.688. The van der Waals surface area contributed by atoms with Gasteiger partial charge in [-0.25, -0.2) is 0 Å². The normalized spacial score (nSPS) is 15.4. The van der Waals surface area contributed by atoms with Crippen LogP contribution in [0.3, 0.4) is 0 Å². The van der Waals surface area contributed by atoms with E-state index in [2.05, 4.69) is 11.8 Å². The van der Waals surface area contributed by atoms with Crippen LogP contribution in [0.1, 0.15) is 0 Å². The lowest BCUT2D eigenvalue weighted by molar-refractivity contribution is -0.143. The molecule has 0 fully saturated rings. The quantitative estimate of drug-likeness (QED) is 0.609. The van der Waals surface area contributed by atoms with Crippen LogP contribution in [0.15, 0.2) is 24.3 Å². The van der Waals surface area contributed by atoms with Crippen molar-refractivity contribution < 1.29 is 14.2 Å². The van der Waals surface area contributed by atoms with Gasteiger partial charge >= 0.3 is 6.48 Å². The molecule has 11 heavy (non-hydrogen) atoms. The van der Waals surface area contributed by atoms with Crippen molar-refractivity contribution in [3.63, 3.8) is 0 Å². The fraction of sp³-hybridized carbons (Fsp3) is 0.125. The van der Waals surface area contributed by atoms with Crippen LogP contribution in [-0.2, 0) is 4.74 Å². The Labute approximate surface area is 64.5 Å². The maximum atomic E-state index is 5.15. The lowest BCUT2D eigenvalue weighted by Gasteiger charge is -2.04. The van der Waals surface area contributed by atoms with E-state index in [0.717, 1.165) is 0 Å². The second-order valence-corrected chi connectivity index (χ2v) is 2.14. The molecule has 1 radical (unpaired) electrons. The van der Waals surface area contributed by atoms with E-state index in [1.807, 2.05) is 24.3 Å². The third-order valence-corrected chi connectivity index (χ3v) is 1.43. The number of ether oxygens (including phenoxy) is 3. The second kappa shape index (κ2) is 2.43. The summed E-state index contributed by atoms with van der Waals surface area (Å²) in [4.78, 5) is 0. The number of benzene rings is 1. The van der Waals surface area contributed by atoms with Gasteiger partial charge in [0.15, 0.2) is 11.5 Å². The first-order chi connectivity index (χ1) is 5.40. The van der Waals surface area contributed by atoms with Gasteiger partial charge in [-0.2, -0.15) is 0 Å². The van der Waals surface area contributed by atoms with Crippen molar-refractivity contribution in [2.75, 3.05) is 0 Å². The van der Waals surface area contributed by atoms with E-state index in [1.54, 1.807) is 0 Å². The van der Waals surface area contributed by atoms with Crippen LogP contribution in [-0.4, -0.2) is 6.48 Å². The molecule has 3 heteroatoms. The zero-order chi connectivity index (χ0) is 7.68. The molecule has 1 aliphatic rings. The van der Waals surface area contributed by atoms with Gasteiger partial charge in [-0.15, -0.1) is 0 Å². The van der Waals surface area contributed by atoms with E-state index in [4.69, 9.17) is 9.47 Å². The summed E-state index contributed by atoms with van der Waals surface area (Å²) in [6.07, 6.45) is 0. The summed E-state index contributed by atoms with van der Waals surface area (Å²) in [5.41, 5.74) is 0. The van der Waals surface area contributed by atoms with Crippen molar-refractivity contribution in [1.29, 1.82) is 0 Å². The minimum atomic E-state index is -0.688. The standard InChI is InChI=1S/C8H7O3/c1-9-8-10-6-4-2-3-5-7(6)11-8/h2-5,8H,1H2. The van der Waals surface area contributed by atoms with Crippen LogP contribution >= 0.6 is 0 Å². The Kier molecular flexibility index (Phi) is 1.43. The number of hydrogen-bond acceptors (Lipinski definition) is 3. The maximum Gasteiger partial charge on any atom is 0.361 e. The van der Waals surface area contributed by atoms with Gasteiger partial charge in [0.1, 0.15) is 0 Å². The third-order valence-electron chi connectivity index (χ3n) is 1.43. The predicted octanol–water partition coefficient (Wildman–Crippen LogP) is 1.55. The fourth-order valence-corrected chi connectivity index (χ4v) is 0.944. The highest BCUT2D eigenvalue weighted by molar-refractivity contribution is 5.41. The average Bonchev–Trinajstić information content (AvgIpc) is 2.46. The molecular weight excluding hydrogens is 144 g/mol. The van der Waals surface area contributed by atoms with E-state index in [9.17, 15) is 0 Å². The monoisotopic (exact) mass is 151 g/mol. The highest BCUT2D eigenvalue weighted by atomic mass is 16.9. The van der Waals surface area contributed by atoms with E-state index >= 15 is 0 Å². The van der Waals surface area contributed by atoms with Gasteiger partial charge in [0.2, 0.25) is 0 Å². The van der Waals surface area contributed by atoms with Gasteiger partial charge in [-0.1, -0.05) is 12.1 Å². The van der Waals surface area contributed by atoms with Crippen molar-refractivity contribution in [2.45, 2.75) is 6.48 Å². The molecule has 0 aliphatic carbocycles. The number of hydrogen-bond donors (Lipinski definition) is 0. The van der Waals surface area contributed by atoms with Crippen LogP contribution in [0.4, 0.5) is 0 Å². The van der Waals surface area contributed by atoms with E-state index in [0.29, 0.717) is 11.5 Å². The molecule has 2 rings (SSSR count). The fourth-order valence-electron chi connectivity index (χ4n) is 0.944. The van der Waals surface area contributed by atoms with Gasteiger partial charge in [-0.3, -0.25) is 0 Å². The molecule has 1 heterocycles. The Balaban J connectivity index is 2.27. The van der Waals surface area contributed by atoms with Crippen molar-refractivity contribution in [2.24, 2.45) is 0 Å². The van der Waals surface area contributed by atoms with Gasteiger partial charge in [0.05, 0.1) is 7.11 Å². The molecular formula is C8H7O3. The van der Waals surface area contributed by atoms with Gasteiger partial charge in [-0.05, 0) is 12.1 Å². The first-order valence-corrected chi connectivity index (χ1v) is 3.23.